The Kier molecular flexibility index (Phi) is 3.96. The van der Waals surface area contributed by atoms with E-state index in [9.17, 15) is 9.59 Å². The number of nitrogens with one attached hydrogen (secondary N) is 2. The molecule has 1 amide bonds. The summed E-state index contributed by atoms with van der Waals surface area (Å²) in [5.41, 5.74) is 1.31. The van der Waals surface area contributed by atoms with Crippen LogP contribution in [0.3, 0.4) is 0 Å². The Balaban J connectivity index is 1.77. The van der Waals surface area contributed by atoms with E-state index in [1.165, 1.54) is 18.3 Å². The zero-order valence-electron chi connectivity index (χ0n) is 12.3. The molecule has 0 bridgehead atoms. The smallest absolute Gasteiger partial charge is 0.253 e. The third-order valence-electron chi connectivity index (χ3n) is 3.90. The molecule has 1 heterocycles. The summed E-state index contributed by atoms with van der Waals surface area (Å²) in [5, 5.41) is 3.07. The summed E-state index contributed by atoms with van der Waals surface area (Å²) in [6.45, 7) is 0. The molecule has 1 aromatic heterocycles. The van der Waals surface area contributed by atoms with E-state index >= 15 is 0 Å². The highest BCUT2D eigenvalue weighted by atomic mass is 16.5. The number of hydrogen-bond acceptors (Lipinski definition) is 3. The van der Waals surface area contributed by atoms with Gasteiger partial charge in [0.15, 0.2) is 0 Å². The first-order valence-corrected chi connectivity index (χ1v) is 7.31. The van der Waals surface area contributed by atoms with Crippen LogP contribution in [0.25, 0.3) is 0 Å². The quantitative estimate of drug-likeness (QED) is 0.889. The number of aromatic nitrogens is 1. The van der Waals surface area contributed by atoms with Gasteiger partial charge in [-0.15, -0.1) is 0 Å². The predicted molar refractivity (Wildman–Crippen MR) is 83.0 cm³/mol. The molecule has 0 unspecified atom stereocenters. The summed E-state index contributed by atoms with van der Waals surface area (Å²) in [6, 6.07) is 10.6. The lowest BCUT2D eigenvalue weighted by atomic mass is 10.0. The highest BCUT2D eigenvalue weighted by Gasteiger charge is 2.33. The molecular weight excluding hydrogens is 280 g/mol. The fourth-order valence-corrected chi connectivity index (χ4v) is 2.49. The fourth-order valence-electron chi connectivity index (χ4n) is 2.49. The number of ether oxygens (including phenoxy) is 1. The van der Waals surface area contributed by atoms with E-state index in [2.05, 4.69) is 10.3 Å². The standard InChI is InChI=1S/C17H18N2O3/c1-22-14-7-4-12(5-8-14)16(11-2-3-11)19-17(21)13-6-9-15(20)18-10-13/h4-11,16H,2-3H2,1H3,(H,18,20)(H,19,21)/t16-/m1/s1. The first-order chi connectivity index (χ1) is 10.7. The van der Waals surface area contributed by atoms with Crippen LogP contribution < -0.4 is 15.6 Å². The highest BCUT2D eigenvalue weighted by Crippen LogP contribution is 2.41. The van der Waals surface area contributed by atoms with Crippen molar-refractivity contribution in [3.05, 3.63) is 64.1 Å². The van der Waals surface area contributed by atoms with Crippen molar-refractivity contribution in [2.24, 2.45) is 5.92 Å². The Morgan fingerprint density at radius 2 is 1.95 bits per heavy atom. The van der Waals surface area contributed by atoms with Crippen molar-refractivity contribution in [2.45, 2.75) is 18.9 Å². The summed E-state index contributed by atoms with van der Waals surface area (Å²) >= 11 is 0. The monoisotopic (exact) mass is 298 g/mol. The summed E-state index contributed by atoms with van der Waals surface area (Å²) in [5.74, 6) is 1.09. The van der Waals surface area contributed by atoms with Crippen molar-refractivity contribution >= 4 is 5.91 Å². The van der Waals surface area contributed by atoms with Crippen LogP contribution in [-0.4, -0.2) is 18.0 Å². The number of carbonyl (C=O) groups excluding carboxylic acids is 1. The van der Waals surface area contributed by atoms with Crippen molar-refractivity contribution in [1.29, 1.82) is 0 Å². The lowest BCUT2D eigenvalue weighted by Gasteiger charge is -2.19. The SMILES string of the molecule is COc1ccc([C@H](NC(=O)c2ccc(=O)[nH]c2)C2CC2)cc1. The van der Waals surface area contributed by atoms with Crippen LogP contribution in [0.5, 0.6) is 5.75 Å². The van der Waals surface area contributed by atoms with E-state index in [0.29, 0.717) is 11.5 Å². The molecule has 0 aliphatic heterocycles. The van der Waals surface area contributed by atoms with Gasteiger partial charge in [-0.1, -0.05) is 12.1 Å². The minimum atomic E-state index is -0.217. The van der Waals surface area contributed by atoms with Crippen molar-refractivity contribution in [3.63, 3.8) is 0 Å². The number of aromatic amines is 1. The zero-order chi connectivity index (χ0) is 15.5. The van der Waals surface area contributed by atoms with Crippen molar-refractivity contribution < 1.29 is 9.53 Å². The van der Waals surface area contributed by atoms with Crippen LogP contribution >= 0.6 is 0 Å². The zero-order valence-corrected chi connectivity index (χ0v) is 12.3. The van der Waals surface area contributed by atoms with E-state index in [1.54, 1.807) is 7.11 Å². The number of benzene rings is 1. The fraction of sp³-hybridized carbons (Fsp3) is 0.294. The molecule has 5 heteroatoms. The van der Waals surface area contributed by atoms with Gasteiger partial charge < -0.3 is 15.0 Å². The summed E-state index contributed by atoms with van der Waals surface area (Å²) in [4.78, 5) is 25.9. The van der Waals surface area contributed by atoms with Crippen LogP contribution in [0.2, 0.25) is 0 Å². The molecule has 3 rings (SSSR count). The maximum atomic E-state index is 12.3. The molecule has 114 valence electrons. The van der Waals surface area contributed by atoms with Gasteiger partial charge in [0.1, 0.15) is 5.75 Å². The van der Waals surface area contributed by atoms with E-state index in [4.69, 9.17) is 4.74 Å². The van der Waals surface area contributed by atoms with Gasteiger partial charge in [-0.05, 0) is 42.5 Å². The number of amides is 1. The first-order valence-electron chi connectivity index (χ1n) is 7.31. The lowest BCUT2D eigenvalue weighted by molar-refractivity contribution is 0.0931. The van der Waals surface area contributed by atoms with Gasteiger partial charge in [0, 0.05) is 12.3 Å². The molecule has 1 fully saturated rings. The Bertz CT molecular complexity index is 697. The average molecular weight is 298 g/mol. The second-order valence-corrected chi connectivity index (χ2v) is 5.50. The van der Waals surface area contributed by atoms with Gasteiger partial charge in [-0.2, -0.15) is 0 Å². The van der Waals surface area contributed by atoms with Crippen LogP contribution in [0.4, 0.5) is 0 Å². The summed E-state index contributed by atoms with van der Waals surface area (Å²) in [6.07, 6.45) is 3.67. The van der Waals surface area contributed by atoms with Crippen LogP contribution in [0, 0.1) is 5.92 Å². The van der Waals surface area contributed by atoms with Gasteiger partial charge >= 0.3 is 0 Å². The van der Waals surface area contributed by atoms with Crippen molar-refractivity contribution in [3.8, 4) is 5.75 Å². The molecule has 1 aliphatic carbocycles. The predicted octanol–water partition coefficient (Wildman–Crippen LogP) is 2.26. The molecule has 0 radical (unpaired) electrons. The van der Waals surface area contributed by atoms with E-state index in [0.717, 1.165) is 24.2 Å². The van der Waals surface area contributed by atoms with Crippen LogP contribution in [0.15, 0.2) is 47.4 Å². The first kappa shape index (κ1) is 14.4. The number of methoxy groups -OCH3 is 1. The summed E-state index contributed by atoms with van der Waals surface area (Å²) in [7, 11) is 1.63. The van der Waals surface area contributed by atoms with Crippen LogP contribution in [0.1, 0.15) is 34.8 Å². The molecule has 2 N–H and O–H groups in total. The molecule has 1 aromatic carbocycles. The highest BCUT2D eigenvalue weighted by molar-refractivity contribution is 5.94. The number of pyridine rings is 1. The molecule has 22 heavy (non-hydrogen) atoms. The van der Waals surface area contributed by atoms with Gasteiger partial charge in [-0.3, -0.25) is 9.59 Å². The molecule has 1 atom stereocenters. The number of carbonyl (C=O) groups is 1. The Morgan fingerprint density at radius 3 is 2.50 bits per heavy atom. The largest absolute Gasteiger partial charge is 0.497 e. The minimum absolute atomic E-state index is 0.00895. The molecule has 5 nitrogen and oxygen atoms in total. The van der Waals surface area contributed by atoms with Crippen molar-refractivity contribution in [1.82, 2.24) is 10.3 Å². The second-order valence-electron chi connectivity index (χ2n) is 5.50. The van der Waals surface area contributed by atoms with Gasteiger partial charge in [0.05, 0.1) is 18.7 Å². The molecule has 1 saturated carbocycles. The van der Waals surface area contributed by atoms with E-state index in [1.807, 2.05) is 24.3 Å². The maximum Gasteiger partial charge on any atom is 0.253 e. The molecular formula is C17H18N2O3. The second kappa shape index (κ2) is 6.05. The van der Waals surface area contributed by atoms with E-state index < -0.39 is 0 Å². The molecule has 0 saturated heterocycles. The Labute approximate surface area is 128 Å². The number of rotatable bonds is 5. The van der Waals surface area contributed by atoms with Gasteiger partial charge in [-0.25, -0.2) is 0 Å². The van der Waals surface area contributed by atoms with Crippen molar-refractivity contribution in [2.75, 3.05) is 7.11 Å². The molecule has 2 aromatic rings. The third-order valence-corrected chi connectivity index (χ3v) is 3.90. The van der Waals surface area contributed by atoms with E-state index in [-0.39, 0.29) is 17.5 Å². The normalized spacial score (nSPS) is 15.1. The topological polar surface area (TPSA) is 71.2 Å². The lowest BCUT2D eigenvalue weighted by Crippen LogP contribution is -2.30. The average Bonchev–Trinajstić information content (AvgIpc) is 3.38. The number of H-pyrrole nitrogens is 1. The summed E-state index contributed by atoms with van der Waals surface area (Å²) < 4.78 is 5.17. The van der Waals surface area contributed by atoms with Gasteiger partial charge in [0.25, 0.3) is 5.91 Å². The minimum Gasteiger partial charge on any atom is -0.497 e. The Hall–Kier alpha value is -2.56. The van der Waals surface area contributed by atoms with Crippen LogP contribution in [-0.2, 0) is 0 Å². The Morgan fingerprint density at radius 1 is 1.23 bits per heavy atom. The van der Waals surface area contributed by atoms with Gasteiger partial charge in [0.2, 0.25) is 5.56 Å². The molecule has 0 spiro atoms. The number of hydrogen-bond donors (Lipinski definition) is 2. The third kappa shape index (κ3) is 3.19. The molecule has 1 aliphatic rings. The maximum absolute atomic E-state index is 12.3.